The molecule has 0 radical (unpaired) electrons. The van der Waals surface area contributed by atoms with Gasteiger partial charge < -0.3 is 4.74 Å². The minimum Gasteiger partial charge on any atom is -0.446 e. The van der Waals surface area contributed by atoms with E-state index in [-0.39, 0.29) is 18.2 Å². The SMILES string of the molecule is CC[C@H](CCCCl)NN1C(=O)OC[C@@H]1Cc1ccccc1. The first kappa shape index (κ1) is 16.1. The molecule has 1 N–H and O–H groups in total. The number of carbonyl (C=O) groups excluding carboxylic acids is 1. The van der Waals surface area contributed by atoms with Crippen LogP contribution in [-0.4, -0.2) is 35.7 Å². The summed E-state index contributed by atoms with van der Waals surface area (Å²) in [7, 11) is 0. The van der Waals surface area contributed by atoms with Crippen molar-refractivity contribution in [2.45, 2.75) is 44.7 Å². The van der Waals surface area contributed by atoms with Gasteiger partial charge in [0.15, 0.2) is 0 Å². The molecule has 1 saturated heterocycles. The number of alkyl halides is 1. The molecular formula is C16H23ClN2O2. The van der Waals surface area contributed by atoms with Crippen molar-refractivity contribution in [3.8, 4) is 0 Å². The first-order valence-electron chi connectivity index (χ1n) is 7.56. The van der Waals surface area contributed by atoms with Crippen molar-refractivity contribution in [3.63, 3.8) is 0 Å². The highest BCUT2D eigenvalue weighted by atomic mass is 35.5. The van der Waals surface area contributed by atoms with Gasteiger partial charge >= 0.3 is 6.09 Å². The van der Waals surface area contributed by atoms with Gasteiger partial charge in [-0.15, -0.1) is 11.6 Å². The number of benzene rings is 1. The Balaban J connectivity index is 1.96. The molecule has 2 rings (SSSR count). The van der Waals surface area contributed by atoms with Crippen LogP contribution in [0.4, 0.5) is 4.79 Å². The second kappa shape index (κ2) is 8.25. The number of nitrogens with zero attached hydrogens (tertiary/aromatic N) is 1. The Morgan fingerprint density at radius 1 is 1.43 bits per heavy atom. The lowest BCUT2D eigenvalue weighted by atomic mass is 10.1. The van der Waals surface area contributed by atoms with Crippen LogP contribution in [0.15, 0.2) is 30.3 Å². The number of amides is 1. The minimum atomic E-state index is -0.278. The molecule has 1 amide bonds. The number of hydrogen-bond acceptors (Lipinski definition) is 3. The molecule has 1 heterocycles. The molecule has 0 bridgehead atoms. The van der Waals surface area contributed by atoms with E-state index in [0.29, 0.717) is 12.5 Å². The molecule has 1 fully saturated rings. The zero-order valence-electron chi connectivity index (χ0n) is 12.4. The van der Waals surface area contributed by atoms with Crippen LogP contribution in [-0.2, 0) is 11.2 Å². The number of hydrazine groups is 1. The van der Waals surface area contributed by atoms with E-state index < -0.39 is 0 Å². The monoisotopic (exact) mass is 310 g/mol. The lowest BCUT2D eigenvalue weighted by Gasteiger charge is -2.27. The molecule has 1 aromatic carbocycles. The number of cyclic esters (lactones) is 1. The van der Waals surface area contributed by atoms with Gasteiger partial charge in [0.25, 0.3) is 0 Å². The maximum Gasteiger partial charge on any atom is 0.424 e. The van der Waals surface area contributed by atoms with E-state index in [1.165, 1.54) is 5.56 Å². The second-order valence-corrected chi connectivity index (χ2v) is 5.73. The topological polar surface area (TPSA) is 41.6 Å². The Hall–Kier alpha value is -1.26. The van der Waals surface area contributed by atoms with Crippen molar-refractivity contribution >= 4 is 17.7 Å². The third-order valence-electron chi connectivity index (χ3n) is 3.78. The van der Waals surface area contributed by atoms with Crippen LogP contribution in [0.5, 0.6) is 0 Å². The van der Waals surface area contributed by atoms with Crippen molar-refractivity contribution in [1.29, 1.82) is 0 Å². The lowest BCUT2D eigenvalue weighted by molar-refractivity contribution is 0.128. The number of hydrogen-bond donors (Lipinski definition) is 1. The Kier molecular flexibility index (Phi) is 6.33. The fourth-order valence-electron chi connectivity index (χ4n) is 2.54. The van der Waals surface area contributed by atoms with Gasteiger partial charge in [-0.25, -0.2) is 15.2 Å². The Bertz CT molecular complexity index is 441. The average Bonchev–Trinajstić information content (AvgIpc) is 2.85. The predicted octanol–water partition coefficient (Wildman–Crippen LogP) is 3.35. The molecule has 1 aromatic rings. The summed E-state index contributed by atoms with van der Waals surface area (Å²) < 4.78 is 5.20. The van der Waals surface area contributed by atoms with E-state index in [2.05, 4.69) is 24.5 Å². The Morgan fingerprint density at radius 2 is 2.19 bits per heavy atom. The largest absolute Gasteiger partial charge is 0.446 e. The van der Waals surface area contributed by atoms with Crippen LogP contribution in [0, 0.1) is 0 Å². The summed E-state index contributed by atoms with van der Waals surface area (Å²) in [5.74, 6) is 0.649. The standard InChI is InChI=1S/C16H23ClN2O2/c1-2-14(9-6-10-17)18-19-15(12-21-16(19)20)11-13-7-4-3-5-8-13/h3-5,7-8,14-15,18H,2,6,9-12H2,1H3/t14-,15+/m1/s1. The molecule has 0 aromatic heterocycles. The van der Waals surface area contributed by atoms with E-state index >= 15 is 0 Å². The third kappa shape index (κ3) is 4.61. The zero-order valence-corrected chi connectivity index (χ0v) is 13.2. The van der Waals surface area contributed by atoms with Gasteiger partial charge in [-0.2, -0.15) is 0 Å². The molecule has 0 spiro atoms. The van der Waals surface area contributed by atoms with Crippen LogP contribution in [0.25, 0.3) is 0 Å². The molecule has 0 saturated carbocycles. The van der Waals surface area contributed by atoms with E-state index in [1.54, 1.807) is 5.01 Å². The quantitative estimate of drug-likeness (QED) is 0.749. The summed E-state index contributed by atoms with van der Waals surface area (Å²) in [6.07, 6.45) is 3.38. The first-order chi connectivity index (χ1) is 10.2. The zero-order chi connectivity index (χ0) is 15.1. The molecule has 0 unspecified atom stereocenters. The molecule has 2 atom stereocenters. The first-order valence-corrected chi connectivity index (χ1v) is 8.10. The van der Waals surface area contributed by atoms with Gasteiger partial charge in [-0.3, -0.25) is 0 Å². The smallest absolute Gasteiger partial charge is 0.424 e. The normalized spacial score (nSPS) is 19.6. The highest BCUT2D eigenvalue weighted by Gasteiger charge is 2.34. The van der Waals surface area contributed by atoms with E-state index in [1.807, 2.05) is 18.2 Å². The van der Waals surface area contributed by atoms with Gasteiger partial charge in [0.05, 0.1) is 6.04 Å². The molecule has 21 heavy (non-hydrogen) atoms. The number of carbonyl (C=O) groups is 1. The van der Waals surface area contributed by atoms with Crippen LogP contribution in [0.1, 0.15) is 31.7 Å². The second-order valence-electron chi connectivity index (χ2n) is 5.36. The lowest BCUT2D eigenvalue weighted by Crippen LogP contribution is -2.50. The van der Waals surface area contributed by atoms with Crippen molar-refractivity contribution in [1.82, 2.24) is 10.4 Å². The summed E-state index contributed by atoms with van der Waals surface area (Å²) in [4.78, 5) is 11.9. The van der Waals surface area contributed by atoms with Crippen LogP contribution < -0.4 is 5.43 Å². The van der Waals surface area contributed by atoms with Crippen LogP contribution in [0.2, 0.25) is 0 Å². The minimum absolute atomic E-state index is 0.0463. The molecule has 0 aliphatic carbocycles. The van der Waals surface area contributed by atoms with Crippen LogP contribution in [0.3, 0.4) is 0 Å². The Morgan fingerprint density at radius 3 is 2.86 bits per heavy atom. The predicted molar refractivity (Wildman–Crippen MR) is 84.3 cm³/mol. The molecule has 5 heteroatoms. The number of nitrogens with one attached hydrogen (secondary N) is 1. The molecule has 4 nitrogen and oxygen atoms in total. The van der Waals surface area contributed by atoms with Crippen molar-refractivity contribution in [2.75, 3.05) is 12.5 Å². The summed E-state index contributed by atoms with van der Waals surface area (Å²) in [6.45, 7) is 2.55. The van der Waals surface area contributed by atoms with Gasteiger partial charge in [-0.05, 0) is 31.2 Å². The van der Waals surface area contributed by atoms with E-state index in [4.69, 9.17) is 16.3 Å². The number of rotatable bonds is 8. The molecule has 1 aliphatic heterocycles. The maximum atomic E-state index is 11.9. The number of halogens is 1. The molecular weight excluding hydrogens is 288 g/mol. The van der Waals surface area contributed by atoms with Gasteiger partial charge in [0.2, 0.25) is 0 Å². The average molecular weight is 311 g/mol. The summed E-state index contributed by atoms with van der Waals surface area (Å²) in [5.41, 5.74) is 4.53. The highest BCUT2D eigenvalue weighted by Crippen LogP contribution is 2.17. The summed E-state index contributed by atoms with van der Waals surface area (Å²) >= 11 is 5.75. The maximum absolute atomic E-state index is 11.9. The fourth-order valence-corrected chi connectivity index (χ4v) is 2.69. The fraction of sp³-hybridized carbons (Fsp3) is 0.562. The molecule has 116 valence electrons. The van der Waals surface area contributed by atoms with Gasteiger partial charge in [0, 0.05) is 11.9 Å². The van der Waals surface area contributed by atoms with Gasteiger partial charge in [0.1, 0.15) is 6.61 Å². The Labute approximate surface area is 131 Å². The third-order valence-corrected chi connectivity index (χ3v) is 4.04. The molecule has 1 aliphatic rings. The summed E-state index contributed by atoms with van der Waals surface area (Å²) in [6, 6.07) is 10.5. The van der Waals surface area contributed by atoms with Crippen LogP contribution >= 0.6 is 11.6 Å². The van der Waals surface area contributed by atoms with Gasteiger partial charge in [-0.1, -0.05) is 37.3 Å². The highest BCUT2D eigenvalue weighted by molar-refractivity contribution is 6.17. The number of ether oxygens (including phenoxy) is 1. The summed E-state index contributed by atoms with van der Waals surface area (Å²) in [5, 5.41) is 1.66. The van der Waals surface area contributed by atoms with Crippen molar-refractivity contribution in [2.24, 2.45) is 0 Å². The van der Waals surface area contributed by atoms with E-state index in [9.17, 15) is 4.79 Å². The van der Waals surface area contributed by atoms with Crippen molar-refractivity contribution in [3.05, 3.63) is 35.9 Å². The van der Waals surface area contributed by atoms with Crippen molar-refractivity contribution < 1.29 is 9.53 Å². The van der Waals surface area contributed by atoms with E-state index in [0.717, 1.165) is 25.7 Å².